The number of unbranched alkanes of at least 4 members (excludes halogenated alkanes) is 8. The van der Waals surface area contributed by atoms with Gasteiger partial charge in [0.05, 0.1) is 0 Å². The minimum Gasteiger partial charge on any atom is -0.462 e. The maximum Gasteiger partial charge on any atom is 0.306 e. The largest absolute Gasteiger partial charge is 0.462 e. The zero-order chi connectivity index (χ0) is 30.6. The molecule has 0 saturated heterocycles. The second kappa shape index (κ2) is 13.7. The molecule has 4 saturated carbocycles. The fourth-order valence-electron chi connectivity index (χ4n) is 9.42. The summed E-state index contributed by atoms with van der Waals surface area (Å²) < 4.78 is 11.9. The number of carbonyl (C=O) groups is 3. The first-order valence-electron chi connectivity index (χ1n) is 17.7. The molecular formula is C37H62O5. The van der Waals surface area contributed by atoms with Crippen LogP contribution in [0.25, 0.3) is 0 Å². The van der Waals surface area contributed by atoms with Gasteiger partial charge in [-0.3, -0.25) is 14.4 Å². The molecule has 0 aromatic heterocycles. The van der Waals surface area contributed by atoms with Crippen LogP contribution in [-0.4, -0.2) is 29.9 Å². The third-order valence-corrected chi connectivity index (χ3v) is 13.6. The summed E-state index contributed by atoms with van der Waals surface area (Å²) in [5, 5.41) is 0. The van der Waals surface area contributed by atoms with E-state index >= 15 is 0 Å². The standard InChI is InChI=1S/C37H62O5/c1-34(2)27-21-23-36(34,5)30(25-27)41-32(39)19-15-11-7-9-13-17-29(38)18-14-10-8-12-16-20-33(40)42-31-26-28-22-24-37(31,6)35(28,3)4/h27-28,30-31H,7-26H2,1-6H3/t27-,28-,30+,31+,36+,37+/m0/s1. The SMILES string of the molecule is CC1(C)[C@H]2CC[C@]1(C)[C@H](OC(=O)CCCCCCCC(=O)CCCCCCCC(=O)O[C@@H]1C[C@@H]3CC[C@@]1(C)C3(C)C)C2. The Kier molecular flexibility index (Phi) is 10.9. The predicted octanol–water partition coefficient (Wildman–Crippen LogP) is 9.53. The summed E-state index contributed by atoms with van der Waals surface area (Å²) in [5.41, 5.74) is 0.830. The minimum atomic E-state index is -0.0195. The van der Waals surface area contributed by atoms with Gasteiger partial charge in [0.1, 0.15) is 18.0 Å². The summed E-state index contributed by atoms with van der Waals surface area (Å²) in [4.78, 5) is 37.2. The lowest BCUT2D eigenvalue weighted by Gasteiger charge is -2.38. The number of hydrogen-bond donors (Lipinski definition) is 0. The first-order valence-corrected chi connectivity index (χ1v) is 17.7. The fourth-order valence-corrected chi connectivity index (χ4v) is 9.42. The Hall–Kier alpha value is -1.39. The number of ether oxygens (including phenoxy) is 2. The van der Waals surface area contributed by atoms with Crippen LogP contribution in [0.1, 0.15) is 170 Å². The quantitative estimate of drug-likeness (QED) is 0.118. The molecule has 0 N–H and O–H groups in total. The van der Waals surface area contributed by atoms with E-state index in [1.165, 1.54) is 25.7 Å². The van der Waals surface area contributed by atoms with Crippen LogP contribution in [0.15, 0.2) is 0 Å². The molecule has 5 heteroatoms. The van der Waals surface area contributed by atoms with E-state index in [4.69, 9.17) is 9.47 Å². The van der Waals surface area contributed by atoms with E-state index in [1.807, 2.05) is 0 Å². The topological polar surface area (TPSA) is 69.7 Å². The number of carbonyl (C=O) groups excluding carboxylic acids is 3. The van der Waals surface area contributed by atoms with Crippen molar-refractivity contribution in [2.75, 3.05) is 0 Å². The molecule has 4 bridgehead atoms. The molecule has 4 rings (SSSR count). The molecule has 0 aliphatic heterocycles. The van der Waals surface area contributed by atoms with E-state index in [-0.39, 0.29) is 45.8 Å². The van der Waals surface area contributed by atoms with Crippen molar-refractivity contribution in [3.63, 3.8) is 0 Å². The van der Waals surface area contributed by atoms with Crippen molar-refractivity contribution in [1.29, 1.82) is 0 Å². The molecule has 240 valence electrons. The second-order valence-corrected chi connectivity index (χ2v) is 16.3. The normalized spacial score (nSPS) is 33.7. The Morgan fingerprint density at radius 1 is 0.524 bits per heavy atom. The molecule has 0 aromatic carbocycles. The van der Waals surface area contributed by atoms with Gasteiger partial charge in [-0.05, 0) is 86.9 Å². The van der Waals surface area contributed by atoms with Gasteiger partial charge in [0.15, 0.2) is 0 Å². The second-order valence-electron chi connectivity index (χ2n) is 16.3. The van der Waals surface area contributed by atoms with Crippen LogP contribution in [-0.2, 0) is 23.9 Å². The van der Waals surface area contributed by atoms with E-state index in [0.29, 0.717) is 43.3 Å². The van der Waals surface area contributed by atoms with Crippen molar-refractivity contribution in [1.82, 2.24) is 0 Å². The predicted molar refractivity (Wildman–Crippen MR) is 168 cm³/mol. The van der Waals surface area contributed by atoms with E-state index in [9.17, 15) is 14.4 Å². The molecule has 0 spiro atoms. The van der Waals surface area contributed by atoms with Crippen LogP contribution >= 0.6 is 0 Å². The van der Waals surface area contributed by atoms with E-state index in [1.54, 1.807) is 0 Å². The summed E-state index contributed by atoms with van der Waals surface area (Å²) in [5.74, 6) is 1.73. The van der Waals surface area contributed by atoms with Gasteiger partial charge < -0.3 is 9.47 Å². The maximum absolute atomic E-state index is 12.4. The third-order valence-electron chi connectivity index (χ3n) is 13.6. The molecule has 4 aliphatic carbocycles. The molecule has 0 radical (unpaired) electrons. The van der Waals surface area contributed by atoms with Gasteiger partial charge in [-0.15, -0.1) is 0 Å². The van der Waals surface area contributed by atoms with Crippen LogP contribution in [0.2, 0.25) is 0 Å². The van der Waals surface area contributed by atoms with E-state index < -0.39 is 0 Å². The first-order chi connectivity index (χ1) is 19.8. The average Bonchev–Trinajstić information content (AvgIpc) is 3.44. The highest BCUT2D eigenvalue weighted by molar-refractivity contribution is 5.78. The molecule has 0 amide bonds. The van der Waals surface area contributed by atoms with Gasteiger partial charge in [0, 0.05) is 36.5 Å². The smallest absolute Gasteiger partial charge is 0.306 e. The van der Waals surface area contributed by atoms with Crippen LogP contribution < -0.4 is 0 Å². The van der Waals surface area contributed by atoms with E-state index in [2.05, 4.69) is 41.5 Å². The molecule has 0 aromatic rings. The molecule has 6 atom stereocenters. The number of fused-ring (bicyclic) bond motifs is 4. The average molecular weight is 587 g/mol. The van der Waals surface area contributed by atoms with Gasteiger partial charge in [-0.1, -0.05) is 80.1 Å². The Labute approximate surface area is 257 Å². The lowest BCUT2D eigenvalue weighted by molar-refractivity contribution is -0.157. The van der Waals surface area contributed by atoms with Crippen LogP contribution in [0.5, 0.6) is 0 Å². The third kappa shape index (κ3) is 6.96. The van der Waals surface area contributed by atoms with Crippen molar-refractivity contribution in [3.8, 4) is 0 Å². The van der Waals surface area contributed by atoms with Gasteiger partial charge in [0.25, 0.3) is 0 Å². The Balaban J connectivity index is 0.926. The van der Waals surface area contributed by atoms with Gasteiger partial charge in [0.2, 0.25) is 0 Å². The highest BCUT2D eigenvalue weighted by Gasteiger charge is 2.63. The van der Waals surface area contributed by atoms with Crippen molar-refractivity contribution in [3.05, 3.63) is 0 Å². The summed E-state index contributed by atoms with van der Waals surface area (Å²) in [7, 11) is 0. The molecule has 42 heavy (non-hydrogen) atoms. The first kappa shape index (κ1) is 33.5. The molecule has 0 unspecified atom stereocenters. The van der Waals surface area contributed by atoms with Crippen LogP contribution in [0.4, 0.5) is 0 Å². The van der Waals surface area contributed by atoms with Gasteiger partial charge in [-0.25, -0.2) is 0 Å². The number of esters is 2. The van der Waals surface area contributed by atoms with Gasteiger partial charge >= 0.3 is 11.9 Å². The summed E-state index contributed by atoms with van der Waals surface area (Å²) in [6, 6.07) is 0. The zero-order valence-electron chi connectivity index (χ0n) is 28.0. The number of Topliss-reactive ketones (excluding diaryl/α,β-unsaturated/α-hetero) is 1. The summed E-state index contributed by atoms with van der Waals surface area (Å²) in [6.07, 6.45) is 19.6. The van der Waals surface area contributed by atoms with E-state index in [0.717, 1.165) is 77.0 Å². The Morgan fingerprint density at radius 2 is 0.857 bits per heavy atom. The lowest BCUT2D eigenvalue weighted by Crippen LogP contribution is -2.38. The molecule has 4 aliphatic rings. The van der Waals surface area contributed by atoms with Crippen molar-refractivity contribution < 1.29 is 23.9 Å². The number of hydrogen-bond acceptors (Lipinski definition) is 5. The van der Waals surface area contributed by atoms with Crippen LogP contribution in [0, 0.1) is 33.5 Å². The Morgan fingerprint density at radius 3 is 1.17 bits per heavy atom. The number of rotatable bonds is 18. The zero-order valence-corrected chi connectivity index (χ0v) is 28.0. The number of ketones is 1. The van der Waals surface area contributed by atoms with Crippen molar-refractivity contribution >= 4 is 17.7 Å². The molecule has 5 nitrogen and oxygen atoms in total. The summed E-state index contributed by atoms with van der Waals surface area (Å²) in [6.45, 7) is 14.1. The monoisotopic (exact) mass is 586 g/mol. The maximum atomic E-state index is 12.4. The lowest BCUT2D eigenvalue weighted by atomic mass is 9.70. The highest BCUT2D eigenvalue weighted by atomic mass is 16.5. The highest BCUT2D eigenvalue weighted by Crippen LogP contribution is 2.67. The van der Waals surface area contributed by atoms with Crippen molar-refractivity contribution in [2.45, 2.75) is 182 Å². The van der Waals surface area contributed by atoms with Gasteiger partial charge in [-0.2, -0.15) is 0 Å². The van der Waals surface area contributed by atoms with Crippen molar-refractivity contribution in [2.24, 2.45) is 33.5 Å². The molecular weight excluding hydrogens is 524 g/mol. The fraction of sp³-hybridized carbons (Fsp3) is 0.919. The molecule has 4 fully saturated rings. The minimum absolute atomic E-state index is 0.0195. The summed E-state index contributed by atoms with van der Waals surface area (Å²) >= 11 is 0. The van der Waals surface area contributed by atoms with Crippen LogP contribution in [0.3, 0.4) is 0 Å². The Bertz CT molecular complexity index is 878. The molecule has 0 heterocycles.